The highest BCUT2D eigenvalue weighted by atomic mass is 16.5. The molecule has 0 aromatic heterocycles. The maximum Gasteiger partial charge on any atom is 0.315 e. The number of hydrogen-bond acceptors (Lipinski definition) is 3. The smallest absolute Gasteiger partial charge is 0.315 e. The van der Waals surface area contributed by atoms with Crippen LogP contribution in [0.15, 0.2) is 24.3 Å². The zero-order chi connectivity index (χ0) is 18.1. The molecule has 6 nitrogen and oxygen atoms in total. The molecule has 1 fully saturated rings. The van der Waals surface area contributed by atoms with Crippen LogP contribution in [0.2, 0.25) is 0 Å². The SMILES string of the molecule is Cc1ccc(OCCCCNC(=O)NC2CCC(C(=O)O)CC2)cc1. The van der Waals surface area contributed by atoms with Crippen molar-refractivity contribution in [2.45, 2.75) is 51.5 Å². The topological polar surface area (TPSA) is 87.7 Å². The molecule has 6 heteroatoms. The number of carbonyl (C=O) groups is 2. The third-order valence-corrected chi connectivity index (χ3v) is 4.56. The average molecular weight is 348 g/mol. The molecule has 25 heavy (non-hydrogen) atoms. The van der Waals surface area contributed by atoms with Gasteiger partial charge in [-0.25, -0.2) is 4.79 Å². The fraction of sp³-hybridized carbons (Fsp3) is 0.579. The van der Waals surface area contributed by atoms with Gasteiger partial charge in [-0.3, -0.25) is 4.79 Å². The van der Waals surface area contributed by atoms with E-state index in [1.54, 1.807) is 0 Å². The van der Waals surface area contributed by atoms with E-state index >= 15 is 0 Å². The molecule has 0 spiro atoms. The Balaban J connectivity index is 1.50. The Morgan fingerprint density at radius 1 is 1.12 bits per heavy atom. The predicted molar refractivity (Wildman–Crippen MR) is 95.8 cm³/mol. The van der Waals surface area contributed by atoms with Gasteiger partial charge in [-0.05, 0) is 57.6 Å². The molecule has 0 atom stereocenters. The fourth-order valence-corrected chi connectivity index (χ4v) is 2.97. The minimum absolute atomic E-state index is 0.0838. The molecule has 0 aliphatic heterocycles. The Hall–Kier alpha value is -2.24. The second-order valence-corrected chi connectivity index (χ2v) is 6.66. The van der Waals surface area contributed by atoms with E-state index < -0.39 is 5.97 Å². The molecule has 2 amide bonds. The van der Waals surface area contributed by atoms with Crippen LogP contribution in [0, 0.1) is 12.8 Å². The third-order valence-electron chi connectivity index (χ3n) is 4.56. The first kappa shape index (κ1) is 19.1. The Kier molecular flexibility index (Phi) is 7.57. The maximum atomic E-state index is 11.8. The minimum Gasteiger partial charge on any atom is -0.494 e. The summed E-state index contributed by atoms with van der Waals surface area (Å²) >= 11 is 0. The lowest BCUT2D eigenvalue weighted by molar-refractivity contribution is -0.142. The summed E-state index contributed by atoms with van der Waals surface area (Å²) in [5.41, 5.74) is 1.21. The third kappa shape index (κ3) is 7.03. The number of carbonyl (C=O) groups excluding carboxylic acids is 1. The minimum atomic E-state index is -0.726. The molecule has 138 valence electrons. The molecule has 2 rings (SSSR count). The molecule has 1 saturated carbocycles. The van der Waals surface area contributed by atoms with Gasteiger partial charge in [0, 0.05) is 12.6 Å². The van der Waals surface area contributed by atoms with Crippen molar-refractivity contribution in [3.8, 4) is 5.75 Å². The first-order valence-electron chi connectivity index (χ1n) is 9.01. The van der Waals surface area contributed by atoms with Crippen LogP contribution in [0.5, 0.6) is 5.75 Å². The van der Waals surface area contributed by atoms with Crippen LogP contribution >= 0.6 is 0 Å². The zero-order valence-electron chi connectivity index (χ0n) is 14.8. The Bertz CT molecular complexity index is 551. The summed E-state index contributed by atoms with van der Waals surface area (Å²) < 4.78 is 5.64. The number of aliphatic carboxylic acids is 1. The van der Waals surface area contributed by atoms with Crippen LogP contribution in [0.1, 0.15) is 44.1 Å². The lowest BCUT2D eigenvalue weighted by atomic mass is 9.86. The lowest BCUT2D eigenvalue weighted by Gasteiger charge is -2.26. The standard InChI is InChI=1S/C19H28N2O4/c1-14-4-10-17(11-5-14)25-13-3-2-12-20-19(24)21-16-8-6-15(7-9-16)18(22)23/h4-5,10-11,15-16H,2-3,6-9,12-13H2,1H3,(H,22,23)(H2,20,21,24). The molecule has 1 aliphatic carbocycles. The summed E-state index contributed by atoms with van der Waals surface area (Å²) in [7, 11) is 0. The number of benzene rings is 1. The summed E-state index contributed by atoms with van der Waals surface area (Å²) in [6.45, 7) is 3.28. The largest absolute Gasteiger partial charge is 0.494 e. The Labute approximate surface area is 149 Å². The van der Waals surface area contributed by atoms with E-state index in [1.807, 2.05) is 31.2 Å². The lowest BCUT2D eigenvalue weighted by Crippen LogP contribution is -2.44. The summed E-state index contributed by atoms with van der Waals surface area (Å²) in [6.07, 6.45) is 4.46. The molecule has 1 aromatic rings. The van der Waals surface area contributed by atoms with Gasteiger partial charge in [0.1, 0.15) is 5.75 Å². The van der Waals surface area contributed by atoms with Crippen molar-refractivity contribution in [1.82, 2.24) is 10.6 Å². The number of urea groups is 1. The molecule has 0 radical (unpaired) electrons. The van der Waals surface area contributed by atoms with Gasteiger partial charge in [0.25, 0.3) is 0 Å². The number of rotatable bonds is 8. The molecule has 1 aromatic carbocycles. The molecule has 3 N–H and O–H groups in total. The normalized spacial score (nSPS) is 19.9. The van der Waals surface area contributed by atoms with Crippen molar-refractivity contribution in [1.29, 1.82) is 0 Å². The van der Waals surface area contributed by atoms with Gasteiger partial charge in [-0.2, -0.15) is 0 Å². The van der Waals surface area contributed by atoms with E-state index in [9.17, 15) is 9.59 Å². The number of hydrogen-bond donors (Lipinski definition) is 3. The van der Waals surface area contributed by atoms with E-state index in [4.69, 9.17) is 9.84 Å². The highest BCUT2D eigenvalue weighted by molar-refractivity contribution is 5.74. The number of carboxylic acid groups (broad SMARTS) is 1. The second kappa shape index (κ2) is 9.91. The summed E-state index contributed by atoms with van der Waals surface area (Å²) in [6, 6.07) is 7.87. The highest BCUT2D eigenvalue weighted by Crippen LogP contribution is 2.24. The van der Waals surface area contributed by atoms with E-state index in [-0.39, 0.29) is 18.0 Å². The quantitative estimate of drug-likeness (QED) is 0.630. The van der Waals surface area contributed by atoms with Gasteiger partial charge in [0.15, 0.2) is 0 Å². The van der Waals surface area contributed by atoms with E-state index in [1.165, 1.54) is 5.56 Å². The van der Waals surface area contributed by atoms with Crippen LogP contribution in [-0.4, -0.2) is 36.3 Å². The summed E-state index contributed by atoms with van der Waals surface area (Å²) in [4.78, 5) is 22.7. The molecule has 0 unspecified atom stereocenters. The fourth-order valence-electron chi connectivity index (χ4n) is 2.97. The number of unbranched alkanes of at least 4 members (excludes halogenated alkanes) is 1. The van der Waals surface area contributed by atoms with E-state index in [0.29, 0.717) is 26.0 Å². The predicted octanol–water partition coefficient (Wildman–Crippen LogP) is 3.10. The number of aryl methyl sites for hydroxylation is 1. The molecular weight excluding hydrogens is 320 g/mol. The second-order valence-electron chi connectivity index (χ2n) is 6.66. The maximum absolute atomic E-state index is 11.8. The Morgan fingerprint density at radius 3 is 2.44 bits per heavy atom. The highest BCUT2D eigenvalue weighted by Gasteiger charge is 2.26. The van der Waals surface area contributed by atoms with Crippen LogP contribution in [0.25, 0.3) is 0 Å². The van der Waals surface area contributed by atoms with Gasteiger partial charge >= 0.3 is 12.0 Å². The summed E-state index contributed by atoms with van der Waals surface area (Å²) in [5.74, 6) is -0.112. The molecule has 0 saturated heterocycles. The van der Waals surface area contributed by atoms with Crippen molar-refractivity contribution < 1.29 is 19.4 Å². The number of amides is 2. The van der Waals surface area contributed by atoms with Crippen LogP contribution in [0.4, 0.5) is 4.79 Å². The first-order chi connectivity index (χ1) is 12.0. The number of ether oxygens (including phenoxy) is 1. The summed E-state index contributed by atoms with van der Waals surface area (Å²) in [5, 5.41) is 14.7. The van der Waals surface area contributed by atoms with E-state index in [0.717, 1.165) is 31.4 Å². The number of carboxylic acids is 1. The van der Waals surface area contributed by atoms with Crippen LogP contribution in [-0.2, 0) is 4.79 Å². The first-order valence-corrected chi connectivity index (χ1v) is 9.01. The molecule has 1 aliphatic rings. The van der Waals surface area contributed by atoms with Crippen molar-refractivity contribution >= 4 is 12.0 Å². The van der Waals surface area contributed by atoms with Crippen molar-refractivity contribution in [3.05, 3.63) is 29.8 Å². The average Bonchev–Trinajstić information content (AvgIpc) is 2.60. The van der Waals surface area contributed by atoms with Gasteiger partial charge < -0.3 is 20.5 Å². The van der Waals surface area contributed by atoms with Gasteiger partial charge in [-0.1, -0.05) is 17.7 Å². The van der Waals surface area contributed by atoms with Gasteiger partial charge in [0.2, 0.25) is 0 Å². The molecule has 0 heterocycles. The van der Waals surface area contributed by atoms with Crippen molar-refractivity contribution in [3.63, 3.8) is 0 Å². The van der Waals surface area contributed by atoms with Crippen LogP contribution in [0.3, 0.4) is 0 Å². The van der Waals surface area contributed by atoms with Crippen molar-refractivity contribution in [2.24, 2.45) is 5.92 Å². The van der Waals surface area contributed by atoms with Gasteiger partial charge in [0.05, 0.1) is 12.5 Å². The number of nitrogens with one attached hydrogen (secondary N) is 2. The zero-order valence-corrected chi connectivity index (χ0v) is 14.8. The van der Waals surface area contributed by atoms with E-state index in [2.05, 4.69) is 10.6 Å². The Morgan fingerprint density at radius 2 is 1.80 bits per heavy atom. The van der Waals surface area contributed by atoms with Crippen LogP contribution < -0.4 is 15.4 Å². The van der Waals surface area contributed by atoms with Gasteiger partial charge in [-0.15, -0.1) is 0 Å². The monoisotopic (exact) mass is 348 g/mol. The van der Waals surface area contributed by atoms with Crippen molar-refractivity contribution in [2.75, 3.05) is 13.2 Å². The molecule has 0 bridgehead atoms. The molecular formula is C19H28N2O4.